The van der Waals surface area contributed by atoms with Crippen molar-refractivity contribution in [3.63, 3.8) is 0 Å². The van der Waals surface area contributed by atoms with Crippen LogP contribution in [0.3, 0.4) is 0 Å². The molecule has 0 saturated carbocycles. The van der Waals surface area contributed by atoms with Gasteiger partial charge in [0.1, 0.15) is 12.2 Å². The van der Waals surface area contributed by atoms with Gasteiger partial charge in [-0.25, -0.2) is 9.78 Å². The first kappa shape index (κ1) is 12.3. The number of ether oxygens (including phenoxy) is 1. The summed E-state index contributed by atoms with van der Waals surface area (Å²) in [5, 5.41) is 9.76. The van der Waals surface area contributed by atoms with Crippen molar-refractivity contribution < 1.29 is 13.9 Å². The summed E-state index contributed by atoms with van der Waals surface area (Å²) in [7, 11) is 1.32. The van der Waals surface area contributed by atoms with E-state index in [1.807, 2.05) is 6.92 Å². The minimum Gasteiger partial charge on any atom is -0.463 e. The molecule has 96 valence electrons. The molecule has 0 saturated heterocycles. The van der Waals surface area contributed by atoms with Crippen LogP contribution in [0.4, 0.5) is 0 Å². The summed E-state index contributed by atoms with van der Waals surface area (Å²) in [6.07, 6.45) is 2.91. The number of furan rings is 1. The predicted octanol–water partition coefficient (Wildman–Crippen LogP) is 1.04. The zero-order valence-electron chi connectivity index (χ0n) is 10.1. The number of esters is 1. The molecule has 1 atom stereocenters. The molecule has 2 rings (SSSR count). The fourth-order valence-corrected chi connectivity index (χ4v) is 1.53. The standard InChI is InChI=1S/C11H14N4O3/c1-7(10-13-6-14-15-10)12-5-8-3-4-18-9(8)11(16)17-2/h3-4,6-7,12H,5H2,1-2H3,(H,13,14,15). The van der Waals surface area contributed by atoms with Gasteiger partial charge in [0.05, 0.1) is 19.4 Å². The molecule has 7 nitrogen and oxygen atoms in total. The topological polar surface area (TPSA) is 93.0 Å². The summed E-state index contributed by atoms with van der Waals surface area (Å²) in [6.45, 7) is 2.42. The van der Waals surface area contributed by atoms with E-state index in [1.54, 1.807) is 6.07 Å². The number of nitrogens with zero attached hydrogens (tertiary/aromatic N) is 2. The zero-order valence-corrected chi connectivity index (χ0v) is 10.1. The number of nitrogens with one attached hydrogen (secondary N) is 2. The number of methoxy groups -OCH3 is 1. The number of hydrogen-bond acceptors (Lipinski definition) is 6. The van der Waals surface area contributed by atoms with Crippen LogP contribution in [0.2, 0.25) is 0 Å². The van der Waals surface area contributed by atoms with Gasteiger partial charge in [-0.2, -0.15) is 5.10 Å². The molecule has 2 aromatic heterocycles. The van der Waals surface area contributed by atoms with Crippen molar-refractivity contribution in [1.82, 2.24) is 20.5 Å². The summed E-state index contributed by atoms with van der Waals surface area (Å²) in [5.74, 6) is 0.469. The third-order valence-electron chi connectivity index (χ3n) is 2.56. The molecule has 18 heavy (non-hydrogen) atoms. The molecule has 0 aliphatic carbocycles. The van der Waals surface area contributed by atoms with Crippen LogP contribution in [0.15, 0.2) is 23.1 Å². The Kier molecular flexibility index (Phi) is 3.73. The summed E-state index contributed by atoms with van der Waals surface area (Å²) < 4.78 is 9.72. The summed E-state index contributed by atoms with van der Waals surface area (Å²) in [4.78, 5) is 15.4. The Morgan fingerprint density at radius 1 is 1.67 bits per heavy atom. The average Bonchev–Trinajstić information content (AvgIpc) is 3.05. The van der Waals surface area contributed by atoms with E-state index in [0.29, 0.717) is 6.54 Å². The third-order valence-corrected chi connectivity index (χ3v) is 2.56. The molecule has 1 unspecified atom stereocenters. The maximum Gasteiger partial charge on any atom is 0.374 e. The Morgan fingerprint density at radius 2 is 2.50 bits per heavy atom. The molecule has 0 bridgehead atoms. The van der Waals surface area contributed by atoms with Crippen molar-refractivity contribution in [1.29, 1.82) is 0 Å². The smallest absolute Gasteiger partial charge is 0.374 e. The molecule has 0 aliphatic heterocycles. The zero-order chi connectivity index (χ0) is 13.0. The first-order chi connectivity index (χ1) is 8.72. The van der Waals surface area contributed by atoms with E-state index in [4.69, 9.17) is 4.42 Å². The maximum absolute atomic E-state index is 11.4. The quantitative estimate of drug-likeness (QED) is 0.770. The Morgan fingerprint density at radius 3 is 3.17 bits per heavy atom. The van der Waals surface area contributed by atoms with Crippen LogP contribution < -0.4 is 5.32 Å². The predicted molar refractivity (Wildman–Crippen MR) is 61.7 cm³/mol. The molecular weight excluding hydrogens is 236 g/mol. The highest BCUT2D eigenvalue weighted by Crippen LogP contribution is 2.13. The highest BCUT2D eigenvalue weighted by Gasteiger charge is 2.16. The van der Waals surface area contributed by atoms with E-state index in [1.165, 1.54) is 19.7 Å². The molecule has 0 radical (unpaired) electrons. The van der Waals surface area contributed by atoms with Crippen molar-refractivity contribution in [3.05, 3.63) is 35.8 Å². The van der Waals surface area contributed by atoms with E-state index in [9.17, 15) is 4.79 Å². The van der Waals surface area contributed by atoms with E-state index < -0.39 is 5.97 Å². The maximum atomic E-state index is 11.4. The van der Waals surface area contributed by atoms with Crippen LogP contribution in [0.1, 0.15) is 34.9 Å². The SMILES string of the molecule is COC(=O)c1occc1CNC(C)c1ncn[nH]1. The van der Waals surface area contributed by atoms with Gasteiger partial charge in [0.15, 0.2) is 0 Å². The molecule has 0 aliphatic rings. The van der Waals surface area contributed by atoms with Crippen molar-refractivity contribution in [3.8, 4) is 0 Å². The molecule has 2 aromatic rings. The van der Waals surface area contributed by atoms with Crippen LogP contribution in [-0.4, -0.2) is 28.3 Å². The molecule has 7 heteroatoms. The van der Waals surface area contributed by atoms with Crippen molar-refractivity contribution in [2.24, 2.45) is 0 Å². The van der Waals surface area contributed by atoms with Crippen molar-refractivity contribution in [2.45, 2.75) is 19.5 Å². The highest BCUT2D eigenvalue weighted by atomic mass is 16.5. The normalized spacial score (nSPS) is 12.3. The number of rotatable bonds is 5. The van der Waals surface area contributed by atoms with E-state index in [2.05, 4.69) is 25.2 Å². The lowest BCUT2D eigenvalue weighted by Crippen LogP contribution is -2.20. The van der Waals surface area contributed by atoms with Gasteiger partial charge in [-0.1, -0.05) is 0 Å². The summed E-state index contributed by atoms with van der Waals surface area (Å²) in [6, 6.07) is 1.72. The van der Waals surface area contributed by atoms with Gasteiger partial charge < -0.3 is 14.5 Å². The largest absolute Gasteiger partial charge is 0.463 e. The fraction of sp³-hybridized carbons (Fsp3) is 0.364. The minimum atomic E-state index is -0.482. The van der Waals surface area contributed by atoms with Gasteiger partial charge in [0.25, 0.3) is 0 Å². The second-order valence-electron chi connectivity index (χ2n) is 3.74. The molecular formula is C11H14N4O3. The minimum absolute atomic E-state index is 0.00658. The van der Waals surface area contributed by atoms with Gasteiger partial charge in [-0.15, -0.1) is 0 Å². The number of carbonyl (C=O) groups excluding carboxylic acids is 1. The Labute approximate surface area is 104 Å². The first-order valence-electron chi connectivity index (χ1n) is 5.45. The second-order valence-corrected chi connectivity index (χ2v) is 3.74. The van der Waals surface area contributed by atoms with Crippen LogP contribution in [0, 0.1) is 0 Å². The highest BCUT2D eigenvalue weighted by molar-refractivity contribution is 5.87. The number of H-pyrrole nitrogens is 1. The molecule has 0 aromatic carbocycles. The fourth-order valence-electron chi connectivity index (χ4n) is 1.53. The molecule has 2 N–H and O–H groups in total. The van der Waals surface area contributed by atoms with Crippen LogP contribution in [-0.2, 0) is 11.3 Å². The molecule has 0 fully saturated rings. The Hall–Kier alpha value is -2.15. The first-order valence-corrected chi connectivity index (χ1v) is 5.45. The summed E-state index contributed by atoms with van der Waals surface area (Å²) >= 11 is 0. The number of carbonyl (C=O) groups is 1. The van der Waals surface area contributed by atoms with Gasteiger partial charge >= 0.3 is 5.97 Å². The van der Waals surface area contributed by atoms with Crippen LogP contribution in [0.25, 0.3) is 0 Å². The lowest BCUT2D eigenvalue weighted by molar-refractivity contribution is 0.0563. The average molecular weight is 250 g/mol. The van der Waals surface area contributed by atoms with E-state index in [0.717, 1.165) is 11.4 Å². The van der Waals surface area contributed by atoms with E-state index >= 15 is 0 Å². The van der Waals surface area contributed by atoms with Crippen molar-refractivity contribution in [2.75, 3.05) is 7.11 Å². The summed E-state index contributed by atoms with van der Waals surface area (Å²) in [5.41, 5.74) is 0.744. The second kappa shape index (κ2) is 5.46. The third kappa shape index (κ3) is 2.57. The Balaban J connectivity index is 1.98. The van der Waals surface area contributed by atoms with Crippen molar-refractivity contribution >= 4 is 5.97 Å². The van der Waals surface area contributed by atoms with E-state index in [-0.39, 0.29) is 11.8 Å². The Bertz CT molecular complexity index is 506. The van der Waals surface area contributed by atoms with Gasteiger partial charge in [-0.05, 0) is 13.0 Å². The number of aromatic nitrogens is 3. The molecule has 0 spiro atoms. The van der Waals surface area contributed by atoms with Gasteiger partial charge in [0, 0.05) is 12.1 Å². The monoisotopic (exact) mass is 250 g/mol. The molecule has 0 amide bonds. The molecule has 2 heterocycles. The van der Waals surface area contributed by atoms with Crippen LogP contribution in [0.5, 0.6) is 0 Å². The lowest BCUT2D eigenvalue weighted by Gasteiger charge is -2.10. The van der Waals surface area contributed by atoms with Gasteiger partial charge in [-0.3, -0.25) is 5.10 Å². The van der Waals surface area contributed by atoms with Gasteiger partial charge in [0.2, 0.25) is 5.76 Å². The number of aromatic amines is 1. The lowest BCUT2D eigenvalue weighted by atomic mass is 10.2. The van der Waals surface area contributed by atoms with Crippen LogP contribution >= 0.6 is 0 Å². The number of hydrogen-bond donors (Lipinski definition) is 2.